The first-order chi connectivity index (χ1) is 9.78. The van der Waals surface area contributed by atoms with Crippen molar-refractivity contribution in [2.45, 2.75) is 69.7 Å². The maximum Gasteiger partial charge on any atom is 0.0270 e. The smallest absolute Gasteiger partial charge is 0.0270 e. The molecule has 0 spiro atoms. The molecule has 0 bridgehead atoms. The highest BCUT2D eigenvalue weighted by molar-refractivity contribution is 5.16. The number of rotatable bonds is 3. The molecule has 2 fully saturated rings. The van der Waals surface area contributed by atoms with E-state index in [1.807, 2.05) is 12.4 Å². The Balaban J connectivity index is 1.76. The van der Waals surface area contributed by atoms with Crippen molar-refractivity contribution in [3.05, 3.63) is 30.1 Å². The maximum atomic E-state index is 6.95. The van der Waals surface area contributed by atoms with E-state index in [4.69, 9.17) is 5.73 Å². The standard InChI is InChI=1S/C18H28N2/c19-18(14-15-9-12-20-13-10-15)11-5-4-8-17(18)16-6-2-1-3-7-16/h9-10,12-13,16-17H,1-8,11,14,19H2. The first-order valence-electron chi connectivity index (χ1n) is 8.46. The van der Waals surface area contributed by atoms with Gasteiger partial charge in [-0.2, -0.15) is 0 Å². The Morgan fingerprint density at radius 1 is 1.00 bits per heavy atom. The maximum absolute atomic E-state index is 6.95. The molecule has 3 rings (SSSR count). The number of aromatic nitrogens is 1. The highest BCUT2D eigenvalue weighted by atomic mass is 14.8. The molecule has 0 aliphatic heterocycles. The molecule has 2 aliphatic rings. The van der Waals surface area contributed by atoms with E-state index < -0.39 is 0 Å². The molecule has 2 unspecified atom stereocenters. The topological polar surface area (TPSA) is 38.9 Å². The lowest BCUT2D eigenvalue weighted by Crippen LogP contribution is -2.53. The molecule has 2 heteroatoms. The van der Waals surface area contributed by atoms with Gasteiger partial charge in [0.05, 0.1) is 0 Å². The lowest BCUT2D eigenvalue weighted by atomic mass is 9.62. The quantitative estimate of drug-likeness (QED) is 0.900. The largest absolute Gasteiger partial charge is 0.325 e. The second-order valence-electron chi connectivity index (χ2n) is 7.02. The van der Waals surface area contributed by atoms with Crippen molar-refractivity contribution < 1.29 is 0 Å². The van der Waals surface area contributed by atoms with Crippen LogP contribution in [0.2, 0.25) is 0 Å². The summed E-state index contributed by atoms with van der Waals surface area (Å²) in [5, 5.41) is 0. The van der Waals surface area contributed by atoms with Crippen LogP contribution in [0.1, 0.15) is 63.4 Å². The molecule has 0 amide bonds. The second-order valence-corrected chi connectivity index (χ2v) is 7.02. The second kappa shape index (κ2) is 6.26. The van der Waals surface area contributed by atoms with E-state index in [1.165, 1.54) is 63.4 Å². The zero-order valence-electron chi connectivity index (χ0n) is 12.6. The number of pyridine rings is 1. The van der Waals surface area contributed by atoms with Gasteiger partial charge in [-0.05, 0) is 48.8 Å². The molecule has 0 saturated heterocycles. The van der Waals surface area contributed by atoms with Gasteiger partial charge >= 0.3 is 0 Å². The molecule has 2 N–H and O–H groups in total. The van der Waals surface area contributed by atoms with E-state index in [0.29, 0.717) is 0 Å². The van der Waals surface area contributed by atoms with Gasteiger partial charge in [0.25, 0.3) is 0 Å². The third-order valence-corrected chi connectivity index (χ3v) is 5.65. The van der Waals surface area contributed by atoms with Crippen molar-refractivity contribution >= 4 is 0 Å². The Bertz CT molecular complexity index is 411. The van der Waals surface area contributed by atoms with E-state index in [-0.39, 0.29) is 5.54 Å². The van der Waals surface area contributed by atoms with Gasteiger partial charge in [0.2, 0.25) is 0 Å². The van der Waals surface area contributed by atoms with E-state index in [2.05, 4.69) is 17.1 Å². The van der Waals surface area contributed by atoms with Gasteiger partial charge in [0.1, 0.15) is 0 Å². The van der Waals surface area contributed by atoms with Crippen molar-refractivity contribution in [3.63, 3.8) is 0 Å². The fourth-order valence-corrected chi connectivity index (χ4v) is 4.63. The molecule has 0 aromatic carbocycles. The molecule has 2 aliphatic carbocycles. The van der Waals surface area contributed by atoms with Crippen LogP contribution in [0.15, 0.2) is 24.5 Å². The van der Waals surface area contributed by atoms with Crippen LogP contribution >= 0.6 is 0 Å². The van der Waals surface area contributed by atoms with Crippen LogP contribution in [0.3, 0.4) is 0 Å². The first kappa shape index (κ1) is 14.1. The molecule has 110 valence electrons. The third kappa shape index (κ3) is 3.06. The Labute approximate surface area is 123 Å². The summed E-state index contributed by atoms with van der Waals surface area (Å²) in [5.74, 6) is 1.63. The van der Waals surface area contributed by atoms with Crippen molar-refractivity contribution in [2.24, 2.45) is 17.6 Å². The molecule has 2 saturated carbocycles. The van der Waals surface area contributed by atoms with Crippen molar-refractivity contribution in [1.29, 1.82) is 0 Å². The van der Waals surface area contributed by atoms with E-state index >= 15 is 0 Å². The van der Waals surface area contributed by atoms with Crippen LogP contribution in [0.5, 0.6) is 0 Å². The number of hydrogen-bond donors (Lipinski definition) is 1. The van der Waals surface area contributed by atoms with Gasteiger partial charge in [0.15, 0.2) is 0 Å². The Morgan fingerprint density at radius 2 is 1.70 bits per heavy atom. The van der Waals surface area contributed by atoms with Gasteiger partial charge in [-0.15, -0.1) is 0 Å². The highest BCUT2D eigenvalue weighted by Gasteiger charge is 2.41. The number of nitrogens with two attached hydrogens (primary N) is 1. The predicted molar refractivity (Wildman–Crippen MR) is 83.4 cm³/mol. The Hall–Kier alpha value is -0.890. The molecule has 1 heterocycles. The van der Waals surface area contributed by atoms with Gasteiger partial charge in [-0.3, -0.25) is 4.98 Å². The fourth-order valence-electron chi connectivity index (χ4n) is 4.63. The molecule has 1 aromatic heterocycles. The average Bonchev–Trinajstić information content (AvgIpc) is 2.49. The summed E-state index contributed by atoms with van der Waals surface area (Å²) in [5.41, 5.74) is 8.34. The minimum Gasteiger partial charge on any atom is -0.325 e. The lowest BCUT2D eigenvalue weighted by Gasteiger charge is -2.46. The summed E-state index contributed by atoms with van der Waals surface area (Å²) >= 11 is 0. The first-order valence-corrected chi connectivity index (χ1v) is 8.46. The van der Waals surface area contributed by atoms with E-state index in [0.717, 1.165) is 18.3 Å². The average molecular weight is 272 g/mol. The summed E-state index contributed by atoms with van der Waals surface area (Å²) in [6, 6.07) is 4.28. The molecule has 20 heavy (non-hydrogen) atoms. The van der Waals surface area contributed by atoms with Crippen LogP contribution in [-0.4, -0.2) is 10.5 Å². The monoisotopic (exact) mass is 272 g/mol. The zero-order chi connectivity index (χ0) is 13.8. The molecule has 2 nitrogen and oxygen atoms in total. The predicted octanol–water partition coefficient (Wildman–Crippen LogP) is 4.09. The third-order valence-electron chi connectivity index (χ3n) is 5.65. The van der Waals surface area contributed by atoms with Crippen molar-refractivity contribution in [2.75, 3.05) is 0 Å². The van der Waals surface area contributed by atoms with Crippen LogP contribution in [0.25, 0.3) is 0 Å². The van der Waals surface area contributed by atoms with Gasteiger partial charge in [0, 0.05) is 17.9 Å². The van der Waals surface area contributed by atoms with Crippen molar-refractivity contribution in [1.82, 2.24) is 4.98 Å². The molecular weight excluding hydrogens is 244 g/mol. The van der Waals surface area contributed by atoms with Crippen LogP contribution in [0, 0.1) is 11.8 Å². The lowest BCUT2D eigenvalue weighted by molar-refractivity contribution is 0.0995. The number of hydrogen-bond acceptors (Lipinski definition) is 2. The Morgan fingerprint density at radius 3 is 2.45 bits per heavy atom. The minimum absolute atomic E-state index is 0.0294. The molecule has 1 aromatic rings. The van der Waals surface area contributed by atoms with Crippen molar-refractivity contribution in [3.8, 4) is 0 Å². The summed E-state index contributed by atoms with van der Waals surface area (Å²) in [6.45, 7) is 0. The SMILES string of the molecule is NC1(Cc2ccncc2)CCCCC1C1CCCCC1. The van der Waals surface area contributed by atoms with Crippen LogP contribution in [0.4, 0.5) is 0 Å². The van der Waals surface area contributed by atoms with Crippen LogP contribution in [-0.2, 0) is 6.42 Å². The molecule has 2 atom stereocenters. The van der Waals surface area contributed by atoms with Gasteiger partial charge < -0.3 is 5.73 Å². The minimum atomic E-state index is 0.0294. The van der Waals surface area contributed by atoms with E-state index in [9.17, 15) is 0 Å². The number of nitrogens with zero attached hydrogens (tertiary/aromatic N) is 1. The van der Waals surface area contributed by atoms with Gasteiger partial charge in [-0.25, -0.2) is 0 Å². The van der Waals surface area contributed by atoms with Gasteiger partial charge in [-0.1, -0.05) is 44.9 Å². The highest BCUT2D eigenvalue weighted by Crippen LogP contribution is 2.43. The fraction of sp³-hybridized carbons (Fsp3) is 0.722. The van der Waals surface area contributed by atoms with Crippen LogP contribution < -0.4 is 5.73 Å². The normalized spacial score (nSPS) is 32.1. The summed E-state index contributed by atoms with van der Waals surface area (Å²) < 4.78 is 0. The summed E-state index contributed by atoms with van der Waals surface area (Å²) in [7, 11) is 0. The zero-order valence-corrected chi connectivity index (χ0v) is 12.6. The Kier molecular flexibility index (Phi) is 4.40. The molecular formula is C18H28N2. The molecule has 0 radical (unpaired) electrons. The summed E-state index contributed by atoms with van der Waals surface area (Å²) in [4.78, 5) is 4.13. The van der Waals surface area contributed by atoms with E-state index in [1.54, 1.807) is 0 Å². The summed E-state index contributed by atoms with van der Waals surface area (Å²) in [6.07, 6.45) is 17.2.